The van der Waals surface area contributed by atoms with E-state index in [0.717, 1.165) is 6.08 Å². The quantitative estimate of drug-likeness (QED) is 0.526. The second-order valence-corrected chi connectivity index (χ2v) is 4.75. The van der Waals surface area contributed by atoms with E-state index in [1.807, 2.05) is 27.7 Å². The number of nitrogens with zero attached hydrogens (tertiary/aromatic N) is 1. The van der Waals surface area contributed by atoms with E-state index >= 15 is 0 Å². The molecule has 0 aromatic rings. The highest BCUT2D eigenvalue weighted by atomic mass is 19.2. The SMILES string of the molecule is CO/C(=C/C=C(/F)CF)CC(=O)N(C(C)C)C(C)C. The Labute approximate surface area is 113 Å². The number of amides is 1. The predicted molar refractivity (Wildman–Crippen MR) is 72.0 cm³/mol. The maximum atomic E-state index is 12.7. The van der Waals surface area contributed by atoms with E-state index in [4.69, 9.17) is 4.74 Å². The molecule has 0 aromatic carbocycles. The molecule has 0 N–H and O–H groups in total. The largest absolute Gasteiger partial charge is 0.501 e. The monoisotopic (exact) mass is 275 g/mol. The summed E-state index contributed by atoms with van der Waals surface area (Å²) in [7, 11) is 1.40. The minimum absolute atomic E-state index is 0.0307. The number of halogens is 2. The van der Waals surface area contributed by atoms with Gasteiger partial charge < -0.3 is 9.64 Å². The van der Waals surface area contributed by atoms with E-state index in [1.54, 1.807) is 4.90 Å². The van der Waals surface area contributed by atoms with Gasteiger partial charge in [0.15, 0.2) is 0 Å². The molecule has 0 saturated heterocycles. The van der Waals surface area contributed by atoms with E-state index in [9.17, 15) is 13.6 Å². The van der Waals surface area contributed by atoms with Crippen LogP contribution in [-0.2, 0) is 9.53 Å². The Morgan fingerprint density at radius 3 is 2.11 bits per heavy atom. The number of carbonyl (C=O) groups is 1. The normalized spacial score (nSPS) is 13.1. The number of hydrogen-bond donors (Lipinski definition) is 0. The molecule has 1 amide bonds. The maximum Gasteiger partial charge on any atom is 0.230 e. The van der Waals surface area contributed by atoms with Crippen LogP contribution in [0.1, 0.15) is 34.1 Å². The van der Waals surface area contributed by atoms with Crippen molar-refractivity contribution < 1.29 is 18.3 Å². The van der Waals surface area contributed by atoms with Crippen molar-refractivity contribution in [3.63, 3.8) is 0 Å². The molecule has 0 unspecified atom stereocenters. The van der Waals surface area contributed by atoms with E-state index in [2.05, 4.69) is 0 Å². The third-order valence-electron chi connectivity index (χ3n) is 2.57. The lowest BCUT2D eigenvalue weighted by atomic mass is 10.2. The van der Waals surface area contributed by atoms with E-state index in [-0.39, 0.29) is 24.4 Å². The highest BCUT2D eigenvalue weighted by Gasteiger charge is 2.21. The van der Waals surface area contributed by atoms with Crippen LogP contribution in [0.5, 0.6) is 0 Å². The molecule has 0 rings (SSSR count). The molecular weight excluding hydrogens is 252 g/mol. The fourth-order valence-electron chi connectivity index (χ4n) is 1.84. The molecule has 0 spiro atoms. The Balaban J connectivity index is 4.83. The molecule has 0 aliphatic rings. The lowest BCUT2D eigenvalue weighted by Crippen LogP contribution is -2.42. The fraction of sp³-hybridized carbons (Fsp3) is 0.643. The number of hydrogen-bond acceptors (Lipinski definition) is 2. The topological polar surface area (TPSA) is 29.5 Å². The fourth-order valence-corrected chi connectivity index (χ4v) is 1.84. The number of allylic oxidation sites excluding steroid dienone is 3. The smallest absolute Gasteiger partial charge is 0.230 e. The van der Waals surface area contributed by atoms with Gasteiger partial charge in [-0.15, -0.1) is 0 Å². The van der Waals surface area contributed by atoms with Crippen LogP contribution < -0.4 is 0 Å². The van der Waals surface area contributed by atoms with Gasteiger partial charge in [-0.2, -0.15) is 0 Å². The highest BCUT2D eigenvalue weighted by molar-refractivity contribution is 5.79. The van der Waals surface area contributed by atoms with Gasteiger partial charge in [-0.3, -0.25) is 4.79 Å². The Bertz CT molecular complexity index is 341. The van der Waals surface area contributed by atoms with Crippen LogP contribution in [0.25, 0.3) is 0 Å². The Kier molecular flexibility index (Phi) is 8.03. The average molecular weight is 275 g/mol. The van der Waals surface area contributed by atoms with Gasteiger partial charge in [-0.05, 0) is 39.8 Å². The predicted octanol–water partition coefficient (Wildman–Crippen LogP) is 3.38. The minimum atomic E-state index is -1.16. The van der Waals surface area contributed by atoms with Crippen molar-refractivity contribution in [2.45, 2.75) is 46.2 Å². The first-order valence-corrected chi connectivity index (χ1v) is 6.29. The maximum absolute atomic E-state index is 12.7. The molecular formula is C14H23F2NO2. The zero-order valence-electron chi connectivity index (χ0n) is 12.2. The molecule has 0 bridgehead atoms. The summed E-state index contributed by atoms with van der Waals surface area (Å²) in [5.74, 6) is -0.696. The van der Waals surface area contributed by atoms with Crippen molar-refractivity contribution in [1.29, 1.82) is 0 Å². The van der Waals surface area contributed by atoms with Gasteiger partial charge in [0.25, 0.3) is 0 Å². The third-order valence-corrected chi connectivity index (χ3v) is 2.57. The molecule has 0 radical (unpaired) electrons. The van der Waals surface area contributed by atoms with Gasteiger partial charge >= 0.3 is 0 Å². The van der Waals surface area contributed by atoms with Crippen LogP contribution in [0, 0.1) is 0 Å². The summed E-state index contributed by atoms with van der Waals surface area (Å²) in [4.78, 5) is 13.9. The number of methoxy groups -OCH3 is 1. The van der Waals surface area contributed by atoms with Gasteiger partial charge in [-0.25, -0.2) is 8.78 Å². The molecule has 0 fully saturated rings. The van der Waals surface area contributed by atoms with Gasteiger partial charge in [0.05, 0.1) is 13.5 Å². The average Bonchev–Trinajstić information content (AvgIpc) is 2.32. The zero-order chi connectivity index (χ0) is 15.0. The van der Waals surface area contributed by atoms with Crippen molar-refractivity contribution in [2.24, 2.45) is 0 Å². The molecule has 0 saturated carbocycles. The van der Waals surface area contributed by atoms with E-state index < -0.39 is 12.5 Å². The van der Waals surface area contributed by atoms with Crippen LogP contribution in [0.15, 0.2) is 23.7 Å². The summed E-state index contributed by atoms with van der Waals surface area (Å²) in [6.45, 7) is 6.55. The Hall–Kier alpha value is -1.39. The van der Waals surface area contributed by atoms with Crippen molar-refractivity contribution in [1.82, 2.24) is 4.90 Å². The summed E-state index contributed by atoms with van der Waals surface area (Å²) in [6, 6.07) is 0.146. The van der Waals surface area contributed by atoms with Crippen LogP contribution in [0.2, 0.25) is 0 Å². The standard InChI is InChI=1S/C14H23F2NO2/c1-10(2)17(11(3)4)14(18)8-13(19-5)7-6-12(16)9-15/h6-7,10-11H,8-9H2,1-5H3/b12-6+,13-7+. The van der Waals surface area contributed by atoms with E-state index in [0.29, 0.717) is 5.76 Å². The second-order valence-electron chi connectivity index (χ2n) is 4.75. The van der Waals surface area contributed by atoms with Crippen molar-refractivity contribution >= 4 is 5.91 Å². The Morgan fingerprint density at radius 2 is 1.74 bits per heavy atom. The summed E-state index contributed by atoms with van der Waals surface area (Å²) in [5.41, 5.74) is 0. The number of alkyl halides is 1. The lowest BCUT2D eigenvalue weighted by molar-refractivity contribution is -0.134. The highest BCUT2D eigenvalue weighted by Crippen LogP contribution is 2.13. The first-order chi connectivity index (χ1) is 8.83. The van der Waals surface area contributed by atoms with Gasteiger partial charge in [0.2, 0.25) is 5.91 Å². The van der Waals surface area contributed by atoms with E-state index in [1.165, 1.54) is 13.2 Å². The van der Waals surface area contributed by atoms with Gasteiger partial charge in [0.1, 0.15) is 18.3 Å². The lowest BCUT2D eigenvalue weighted by Gasteiger charge is -2.31. The summed E-state index contributed by atoms with van der Waals surface area (Å²) in [6.07, 6.45) is 2.29. The van der Waals surface area contributed by atoms with Crippen molar-refractivity contribution in [3.8, 4) is 0 Å². The molecule has 0 aliphatic carbocycles. The minimum Gasteiger partial charge on any atom is -0.501 e. The second kappa shape index (κ2) is 8.67. The van der Waals surface area contributed by atoms with Crippen molar-refractivity contribution in [2.75, 3.05) is 13.8 Å². The molecule has 0 heterocycles. The van der Waals surface area contributed by atoms with Crippen LogP contribution >= 0.6 is 0 Å². The molecule has 3 nitrogen and oxygen atoms in total. The first-order valence-electron chi connectivity index (χ1n) is 6.29. The molecule has 5 heteroatoms. The number of carbonyl (C=O) groups excluding carboxylic acids is 1. The third kappa shape index (κ3) is 6.36. The summed E-state index contributed by atoms with van der Waals surface area (Å²) >= 11 is 0. The molecule has 19 heavy (non-hydrogen) atoms. The van der Waals surface area contributed by atoms with Crippen molar-refractivity contribution in [3.05, 3.63) is 23.7 Å². The molecule has 0 atom stereocenters. The summed E-state index contributed by atoms with van der Waals surface area (Å²) in [5, 5.41) is 0. The first kappa shape index (κ1) is 17.6. The summed E-state index contributed by atoms with van der Waals surface area (Å²) < 4.78 is 29.6. The zero-order valence-corrected chi connectivity index (χ0v) is 12.2. The number of ether oxygens (including phenoxy) is 1. The number of rotatable bonds is 7. The molecule has 0 aromatic heterocycles. The van der Waals surface area contributed by atoms with Gasteiger partial charge in [0, 0.05) is 12.1 Å². The molecule has 0 aliphatic heterocycles. The van der Waals surface area contributed by atoms with Crippen LogP contribution in [-0.4, -0.2) is 36.7 Å². The van der Waals surface area contributed by atoms with Crippen LogP contribution in [0.4, 0.5) is 8.78 Å². The van der Waals surface area contributed by atoms with Gasteiger partial charge in [-0.1, -0.05) is 0 Å². The molecule has 110 valence electrons. The van der Waals surface area contributed by atoms with Crippen LogP contribution in [0.3, 0.4) is 0 Å². The Morgan fingerprint density at radius 1 is 1.21 bits per heavy atom.